The summed E-state index contributed by atoms with van der Waals surface area (Å²) < 4.78 is 29.4. The zero-order chi connectivity index (χ0) is 22.1. The molecule has 1 aromatic carbocycles. The van der Waals surface area contributed by atoms with Gasteiger partial charge in [0.1, 0.15) is 0 Å². The second-order valence-electron chi connectivity index (χ2n) is 7.53. The molecule has 0 fully saturated rings. The van der Waals surface area contributed by atoms with Gasteiger partial charge in [0, 0.05) is 48.0 Å². The molecule has 1 aromatic rings. The van der Waals surface area contributed by atoms with Gasteiger partial charge in [-0.15, -0.1) is 0 Å². The fraction of sp³-hybridized carbons (Fsp3) is 0.200. The van der Waals surface area contributed by atoms with E-state index in [-0.39, 0.29) is 5.57 Å². The molecule has 2 aliphatic rings. The van der Waals surface area contributed by atoms with Crippen molar-refractivity contribution in [3.63, 3.8) is 0 Å². The Kier molecular flexibility index (Phi) is 6.32. The van der Waals surface area contributed by atoms with Crippen LogP contribution in [0.5, 0.6) is 0 Å². The van der Waals surface area contributed by atoms with Gasteiger partial charge in [0.25, 0.3) is 5.92 Å². The molecule has 2 nitrogen and oxygen atoms in total. The highest BCUT2D eigenvalue weighted by Gasteiger charge is 2.32. The fourth-order valence-corrected chi connectivity index (χ4v) is 3.79. The number of nitrogens with zero attached hydrogens (tertiary/aromatic N) is 1. The Morgan fingerprint density at radius 2 is 1.90 bits per heavy atom. The van der Waals surface area contributed by atoms with Gasteiger partial charge in [-0.3, -0.25) is 0 Å². The summed E-state index contributed by atoms with van der Waals surface area (Å²) in [4.78, 5) is 1.86. The predicted octanol–water partition coefficient (Wildman–Crippen LogP) is 6.71. The zero-order valence-electron chi connectivity index (χ0n) is 17.4. The smallest absolute Gasteiger partial charge is 0.272 e. The minimum absolute atomic E-state index is 0.0345. The molecule has 2 aliphatic heterocycles. The van der Waals surface area contributed by atoms with Gasteiger partial charge in [-0.2, -0.15) is 0 Å². The van der Waals surface area contributed by atoms with Crippen LogP contribution in [0.2, 0.25) is 0 Å². The van der Waals surface area contributed by atoms with Gasteiger partial charge >= 0.3 is 0 Å². The van der Waals surface area contributed by atoms with Crippen LogP contribution in [0.25, 0.3) is 11.3 Å². The number of benzene rings is 1. The molecule has 2 heterocycles. The van der Waals surface area contributed by atoms with E-state index in [4.69, 9.17) is 0 Å². The van der Waals surface area contributed by atoms with Crippen molar-refractivity contribution in [2.45, 2.75) is 19.8 Å². The molecule has 0 bridgehead atoms. The van der Waals surface area contributed by atoms with Crippen molar-refractivity contribution in [2.24, 2.45) is 0 Å². The Morgan fingerprint density at radius 3 is 2.57 bits per heavy atom. The molecule has 0 amide bonds. The molecule has 0 spiro atoms. The molecule has 0 atom stereocenters. The topological polar surface area (TPSA) is 15.3 Å². The maximum atomic E-state index is 14.2. The maximum absolute atomic E-state index is 14.2. The summed E-state index contributed by atoms with van der Waals surface area (Å²) in [5.74, 6) is -2.92. The van der Waals surface area contributed by atoms with Crippen LogP contribution in [0, 0.1) is 6.92 Å². The molecular formula is C25H25BrF2N2. The fourth-order valence-electron chi connectivity index (χ4n) is 3.53. The van der Waals surface area contributed by atoms with Gasteiger partial charge < -0.3 is 10.2 Å². The van der Waals surface area contributed by atoms with Gasteiger partial charge in [0.15, 0.2) is 0 Å². The second-order valence-corrected chi connectivity index (χ2v) is 8.45. The average molecular weight is 471 g/mol. The predicted molar refractivity (Wildman–Crippen MR) is 126 cm³/mol. The molecule has 3 rings (SSSR count). The normalized spacial score (nSPS) is 16.7. The number of halogens is 3. The Hall–Kier alpha value is -2.66. The number of hydrogen-bond donors (Lipinski definition) is 1. The van der Waals surface area contributed by atoms with Crippen LogP contribution in [0.4, 0.5) is 8.78 Å². The Bertz CT molecular complexity index is 1050. The van der Waals surface area contributed by atoms with E-state index in [1.807, 2.05) is 61.5 Å². The third-order valence-electron chi connectivity index (χ3n) is 5.18. The summed E-state index contributed by atoms with van der Waals surface area (Å²) in [5.41, 5.74) is 5.59. The van der Waals surface area contributed by atoms with Crippen molar-refractivity contribution in [3.8, 4) is 0 Å². The number of rotatable bonds is 5. The first-order valence-corrected chi connectivity index (χ1v) is 10.4. The van der Waals surface area contributed by atoms with E-state index >= 15 is 0 Å². The summed E-state index contributed by atoms with van der Waals surface area (Å²) in [7, 11) is 1.84. The zero-order valence-corrected chi connectivity index (χ0v) is 19.0. The SMILES string of the molecule is C=C(C(=C)c1ccc(C2=C(C(C)(F)F)C=CCN2C)c(C)c1)C1=CC=C(Br)C=CN1. The number of likely N-dealkylation sites (N-methyl/N-ethyl adjacent to an activating group) is 1. The van der Waals surface area contributed by atoms with Gasteiger partial charge in [0.05, 0.1) is 5.70 Å². The summed E-state index contributed by atoms with van der Waals surface area (Å²) in [5, 5.41) is 3.20. The van der Waals surface area contributed by atoms with Gasteiger partial charge in [0.2, 0.25) is 0 Å². The molecule has 30 heavy (non-hydrogen) atoms. The summed E-state index contributed by atoms with van der Waals surface area (Å²) in [6, 6.07) is 5.79. The minimum Gasteiger partial charge on any atom is -0.370 e. The number of hydrogen-bond acceptors (Lipinski definition) is 2. The first kappa shape index (κ1) is 22.0. The third-order valence-corrected chi connectivity index (χ3v) is 5.71. The standard InChI is InChI=1S/C25H25BrF2N2/c1-16-15-19(17(2)18(3)23-11-9-20(26)12-13-29-23)8-10-21(16)24-22(25(4,27)28)7-6-14-30(24)5/h6-13,15,29H,2-3,14H2,1,4-5H3. The molecule has 0 aliphatic carbocycles. The van der Waals surface area contributed by atoms with Gasteiger partial charge in [-0.1, -0.05) is 59.4 Å². The van der Waals surface area contributed by atoms with Gasteiger partial charge in [-0.25, -0.2) is 8.78 Å². The highest BCUT2D eigenvalue weighted by atomic mass is 79.9. The van der Waals surface area contributed by atoms with E-state index in [1.165, 1.54) is 6.08 Å². The quantitative estimate of drug-likeness (QED) is 0.480. The minimum atomic E-state index is -2.92. The molecule has 0 saturated heterocycles. The molecule has 156 valence electrons. The lowest BCUT2D eigenvalue weighted by Gasteiger charge is -2.31. The summed E-state index contributed by atoms with van der Waals surface area (Å²) in [6.07, 6.45) is 10.9. The Balaban J connectivity index is 1.96. The van der Waals surface area contributed by atoms with Crippen molar-refractivity contribution >= 4 is 27.2 Å². The van der Waals surface area contributed by atoms with Crippen molar-refractivity contribution in [2.75, 3.05) is 13.6 Å². The van der Waals surface area contributed by atoms with Crippen molar-refractivity contribution < 1.29 is 8.78 Å². The average Bonchev–Trinajstić information content (AvgIpc) is 2.91. The lowest BCUT2D eigenvalue weighted by molar-refractivity contribution is 0.0665. The van der Waals surface area contributed by atoms with E-state index in [1.54, 1.807) is 6.08 Å². The molecule has 5 heteroatoms. The number of allylic oxidation sites excluding steroid dienone is 7. The first-order valence-electron chi connectivity index (χ1n) is 9.60. The third kappa shape index (κ3) is 4.57. The first-order chi connectivity index (χ1) is 14.1. The Labute approximate surface area is 185 Å². The molecule has 0 unspecified atom stereocenters. The highest BCUT2D eigenvalue weighted by Crippen LogP contribution is 2.37. The van der Waals surface area contributed by atoms with Crippen LogP contribution in [-0.4, -0.2) is 24.4 Å². The number of alkyl halides is 2. The van der Waals surface area contributed by atoms with Crippen LogP contribution < -0.4 is 5.32 Å². The van der Waals surface area contributed by atoms with Crippen LogP contribution in [0.3, 0.4) is 0 Å². The van der Waals surface area contributed by atoms with E-state index in [0.717, 1.165) is 44.9 Å². The molecule has 0 radical (unpaired) electrons. The molecule has 0 aromatic heterocycles. The summed E-state index contributed by atoms with van der Waals surface area (Å²) in [6.45, 7) is 11.9. The Morgan fingerprint density at radius 1 is 1.17 bits per heavy atom. The molecule has 0 saturated carbocycles. The van der Waals surface area contributed by atoms with E-state index in [0.29, 0.717) is 12.2 Å². The summed E-state index contributed by atoms with van der Waals surface area (Å²) >= 11 is 3.45. The maximum Gasteiger partial charge on any atom is 0.272 e. The lowest BCUT2D eigenvalue weighted by atomic mass is 9.91. The monoisotopic (exact) mass is 470 g/mol. The van der Waals surface area contributed by atoms with Crippen LogP contribution in [-0.2, 0) is 0 Å². The number of nitrogens with one attached hydrogen (secondary N) is 1. The van der Waals surface area contributed by atoms with Crippen LogP contribution >= 0.6 is 15.9 Å². The number of aryl methyl sites for hydroxylation is 1. The van der Waals surface area contributed by atoms with Crippen molar-refractivity contribution in [3.05, 3.63) is 106 Å². The van der Waals surface area contributed by atoms with Gasteiger partial charge in [-0.05, 0) is 47.4 Å². The van der Waals surface area contributed by atoms with E-state index in [9.17, 15) is 8.78 Å². The van der Waals surface area contributed by atoms with E-state index in [2.05, 4.69) is 34.4 Å². The highest BCUT2D eigenvalue weighted by molar-refractivity contribution is 9.11. The van der Waals surface area contributed by atoms with Crippen LogP contribution in [0.1, 0.15) is 23.6 Å². The van der Waals surface area contributed by atoms with Crippen molar-refractivity contribution in [1.29, 1.82) is 0 Å². The lowest BCUT2D eigenvalue weighted by Crippen LogP contribution is -2.27. The van der Waals surface area contributed by atoms with Crippen LogP contribution in [0.15, 0.2) is 89.3 Å². The second kappa shape index (κ2) is 8.60. The van der Waals surface area contributed by atoms with E-state index < -0.39 is 5.92 Å². The molecule has 1 N–H and O–H groups in total. The van der Waals surface area contributed by atoms with Crippen molar-refractivity contribution in [1.82, 2.24) is 10.2 Å². The molecular weight excluding hydrogens is 446 g/mol. The largest absolute Gasteiger partial charge is 0.370 e.